The van der Waals surface area contributed by atoms with Crippen LogP contribution in [0.2, 0.25) is 5.02 Å². The Morgan fingerprint density at radius 2 is 2.00 bits per heavy atom. The second kappa shape index (κ2) is 3.71. The van der Waals surface area contributed by atoms with Crippen molar-refractivity contribution < 1.29 is 4.39 Å². The molecule has 1 saturated carbocycles. The quantitative estimate of drug-likeness (QED) is 0.794. The lowest BCUT2D eigenvalue weighted by Gasteiger charge is -2.38. The molecule has 1 nitrogen and oxygen atoms in total. The van der Waals surface area contributed by atoms with E-state index in [-0.39, 0.29) is 11.2 Å². The molecule has 0 aromatic heterocycles. The van der Waals surface area contributed by atoms with E-state index in [1.807, 2.05) is 0 Å². The molecule has 1 aromatic carbocycles. The zero-order chi connectivity index (χ0) is 12.0. The van der Waals surface area contributed by atoms with Gasteiger partial charge in [0.25, 0.3) is 0 Å². The normalized spacial score (nSPS) is 28.3. The van der Waals surface area contributed by atoms with E-state index in [4.69, 9.17) is 17.3 Å². The standard InChI is InChI=1S/C13H17ClFN/c1-12(2)6-3-7-13(12,16)10-5-4-9(14)8-11(10)15/h4-5,8H,3,6-7,16H2,1-2H3. The molecule has 88 valence electrons. The molecule has 16 heavy (non-hydrogen) atoms. The van der Waals surface area contributed by atoms with Gasteiger partial charge in [-0.15, -0.1) is 0 Å². The van der Waals surface area contributed by atoms with Crippen LogP contribution in [0.15, 0.2) is 18.2 Å². The van der Waals surface area contributed by atoms with Crippen molar-refractivity contribution in [3.05, 3.63) is 34.6 Å². The fourth-order valence-electron chi connectivity index (χ4n) is 2.72. The Hall–Kier alpha value is -0.600. The molecular weight excluding hydrogens is 225 g/mol. The SMILES string of the molecule is CC1(C)CCCC1(N)c1ccc(Cl)cc1F. The average molecular weight is 242 g/mol. The lowest BCUT2D eigenvalue weighted by molar-refractivity contribution is 0.204. The van der Waals surface area contributed by atoms with Crippen LogP contribution in [0, 0.1) is 11.2 Å². The molecule has 1 aliphatic rings. The van der Waals surface area contributed by atoms with Crippen LogP contribution in [-0.4, -0.2) is 0 Å². The highest BCUT2D eigenvalue weighted by Gasteiger charge is 2.48. The van der Waals surface area contributed by atoms with Gasteiger partial charge in [0.15, 0.2) is 0 Å². The molecule has 0 bridgehead atoms. The number of hydrogen-bond donors (Lipinski definition) is 1. The van der Waals surface area contributed by atoms with Crippen molar-refractivity contribution in [3.8, 4) is 0 Å². The van der Waals surface area contributed by atoms with Gasteiger partial charge in [0, 0.05) is 16.1 Å². The number of rotatable bonds is 1. The highest BCUT2D eigenvalue weighted by Crippen LogP contribution is 2.51. The third-order valence-corrected chi connectivity index (χ3v) is 4.23. The predicted molar refractivity (Wildman–Crippen MR) is 64.9 cm³/mol. The molecule has 1 atom stereocenters. The molecule has 1 unspecified atom stereocenters. The van der Waals surface area contributed by atoms with E-state index < -0.39 is 5.54 Å². The molecule has 1 aliphatic carbocycles. The molecule has 0 saturated heterocycles. The molecule has 0 radical (unpaired) electrons. The van der Waals surface area contributed by atoms with Gasteiger partial charge in [-0.25, -0.2) is 4.39 Å². The Bertz CT molecular complexity index is 416. The van der Waals surface area contributed by atoms with Gasteiger partial charge in [-0.3, -0.25) is 0 Å². The molecule has 2 rings (SSSR count). The van der Waals surface area contributed by atoms with Crippen LogP contribution in [0.4, 0.5) is 4.39 Å². The highest BCUT2D eigenvalue weighted by molar-refractivity contribution is 6.30. The Morgan fingerprint density at radius 1 is 1.31 bits per heavy atom. The first-order valence-electron chi connectivity index (χ1n) is 5.61. The molecule has 1 fully saturated rings. The lowest BCUT2D eigenvalue weighted by atomic mass is 9.71. The van der Waals surface area contributed by atoms with E-state index in [2.05, 4.69) is 13.8 Å². The van der Waals surface area contributed by atoms with E-state index in [0.29, 0.717) is 10.6 Å². The summed E-state index contributed by atoms with van der Waals surface area (Å²) in [4.78, 5) is 0. The minimum atomic E-state index is -0.568. The fourth-order valence-corrected chi connectivity index (χ4v) is 2.88. The monoisotopic (exact) mass is 241 g/mol. The maximum atomic E-state index is 13.9. The van der Waals surface area contributed by atoms with Gasteiger partial charge >= 0.3 is 0 Å². The molecular formula is C13H17ClFN. The van der Waals surface area contributed by atoms with Gasteiger partial charge in [-0.1, -0.05) is 37.9 Å². The van der Waals surface area contributed by atoms with Crippen molar-refractivity contribution in [2.75, 3.05) is 0 Å². The Balaban J connectivity index is 2.51. The van der Waals surface area contributed by atoms with Gasteiger partial charge in [-0.05, 0) is 30.4 Å². The summed E-state index contributed by atoms with van der Waals surface area (Å²) in [6.45, 7) is 4.21. The predicted octanol–water partition coefficient (Wildman–Crippen LogP) is 3.84. The zero-order valence-electron chi connectivity index (χ0n) is 9.69. The van der Waals surface area contributed by atoms with Gasteiger partial charge in [0.1, 0.15) is 5.82 Å². The second-order valence-corrected chi connectivity index (χ2v) is 5.77. The summed E-state index contributed by atoms with van der Waals surface area (Å²) < 4.78 is 13.9. The first-order valence-corrected chi connectivity index (χ1v) is 5.99. The number of hydrogen-bond acceptors (Lipinski definition) is 1. The van der Waals surface area contributed by atoms with Crippen LogP contribution in [0.5, 0.6) is 0 Å². The topological polar surface area (TPSA) is 26.0 Å². The van der Waals surface area contributed by atoms with Crippen LogP contribution < -0.4 is 5.73 Å². The molecule has 0 heterocycles. The van der Waals surface area contributed by atoms with Crippen molar-refractivity contribution >= 4 is 11.6 Å². The molecule has 0 amide bonds. The maximum Gasteiger partial charge on any atom is 0.129 e. The minimum Gasteiger partial charge on any atom is -0.321 e. The molecule has 1 aromatic rings. The second-order valence-electron chi connectivity index (χ2n) is 5.33. The summed E-state index contributed by atoms with van der Waals surface area (Å²) in [6.07, 6.45) is 2.91. The van der Waals surface area contributed by atoms with Gasteiger partial charge in [0.05, 0.1) is 0 Å². The van der Waals surface area contributed by atoms with E-state index in [1.54, 1.807) is 12.1 Å². The Kier molecular flexibility index (Phi) is 2.75. The summed E-state index contributed by atoms with van der Waals surface area (Å²) in [5.74, 6) is -0.287. The third-order valence-electron chi connectivity index (χ3n) is 3.99. The van der Waals surface area contributed by atoms with Crippen molar-refractivity contribution in [3.63, 3.8) is 0 Å². The van der Waals surface area contributed by atoms with Gasteiger partial charge in [-0.2, -0.15) is 0 Å². The number of nitrogens with two attached hydrogens (primary N) is 1. The van der Waals surface area contributed by atoms with Crippen LogP contribution in [0.3, 0.4) is 0 Å². The lowest BCUT2D eigenvalue weighted by Crippen LogP contribution is -2.46. The zero-order valence-corrected chi connectivity index (χ0v) is 10.4. The summed E-state index contributed by atoms with van der Waals surface area (Å²) in [6, 6.07) is 4.79. The molecule has 0 spiro atoms. The van der Waals surface area contributed by atoms with Gasteiger partial charge in [0.2, 0.25) is 0 Å². The number of halogens is 2. The highest BCUT2D eigenvalue weighted by atomic mass is 35.5. The first kappa shape index (κ1) is 11.9. The summed E-state index contributed by atoms with van der Waals surface area (Å²) in [5, 5.41) is 0.417. The average Bonchev–Trinajstić information content (AvgIpc) is 2.41. The molecule has 0 aliphatic heterocycles. The van der Waals surface area contributed by atoms with Crippen LogP contribution in [0.1, 0.15) is 38.7 Å². The number of benzene rings is 1. The minimum absolute atomic E-state index is 0.0678. The van der Waals surface area contributed by atoms with E-state index in [1.165, 1.54) is 6.07 Å². The molecule has 3 heteroatoms. The fraction of sp³-hybridized carbons (Fsp3) is 0.538. The smallest absolute Gasteiger partial charge is 0.129 e. The Morgan fingerprint density at radius 3 is 2.50 bits per heavy atom. The summed E-state index contributed by atoms with van der Waals surface area (Å²) in [5.41, 5.74) is 6.39. The van der Waals surface area contributed by atoms with Crippen LogP contribution in [-0.2, 0) is 5.54 Å². The van der Waals surface area contributed by atoms with E-state index >= 15 is 0 Å². The van der Waals surface area contributed by atoms with Crippen molar-refractivity contribution in [1.29, 1.82) is 0 Å². The van der Waals surface area contributed by atoms with E-state index in [9.17, 15) is 4.39 Å². The van der Waals surface area contributed by atoms with Crippen molar-refractivity contribution in [1.82, 2.24) is 0 Å². The molecule has 2 N–H and O–H groups in total. The Labute approximate surface area is 101 Å². The van der Waals surface area contributed by atoms with Crippen molar-refractivity contribution in [2.24, 2.45) is 11.1 Å². The van der Waals surface area contributed by atoms with Crippen LogP contribution in [0.25, 0.3) is 0 Å². The summed E-state index contributed by atoms with van der Waals surface area (Å²) >= 11 is 5.76. The van der Waals surface area contributed by atoms with Crippen LogP contribution >= 0.6 is 11.6 Å². The van der Waals surface area contributed by atoms with Crippen molar-refractivity contribution in [2.45, 2.75) is 38.6 Å². The maximum absolute atomic E-state index is 13.9. The largest absolute Gasteiger partial charge is 0.321 e. The third kappa shape index (κ3) is 1.64. The first-order chi connectivity index (χ1) is 7.37. The summed E-state index contributed by atoms with van der Waals surface area (Å²) in [7, 11) is 0. The van der Waals surface area contributed by atoms with E-state index in [0.717, 1.165) is 19.3 Å². The van der Waals surface area contributed by atoms with Gasteiger partial charge < -0.3 is 5.73 Å².